The van der Waals surface area contributed by atoms with Crippen molar-refractivity contribution in [1.29, 1.82) is 0 Å². The van der Waals surface area contributed by atoms with Gasteiger partial charge in [0.1, 0.15) is 6.61 Å². The zero-order valence-corrected chi connectivity index (χ0v) is 10.2. The molecule has 0 fully saturated rings. The number of nitrogens with zero attached hydrogens (tertiary/aromatic N) is 1. The number of aromatic nitrogens is 1. The first-order valence-corrected chi connectivity index (χ1v) is 5.38. The summed E-state index contributed by atoms with van der Waals surface area (Å²) in [6, 6.07) is 0. The molecule has 0 aliphatic carbocycles. The van der Waals surface area contributed by atoms with Crippen molar-refractivity contribution in [3.63, 3.8) is 0 Å². The third-order valence-electron chi connectivity index (χ3n) is 1.82. The lowest BCUT2D eigenvalue weighted by atomic mass is 10.4. The third kappa shape index (κ3) is 4.78. The Morgan fingerprint density at radius 1 is 1.41 bits per heavy atom. The number of pyridine rings is 1. The van der Waals surface area contributed by atoms with Crippen LogP contribution in [0.1, 0.15) is 0 Å². The summed E-state index contributed by atoms with van der Waals surface area (Å²) in [4.78, 5) is 11.2. The standard InChI is InChI=1S/C9H10BrF3N2O2/c10-6-3-15(4-7(14)8(6)16)1-2-17-5-9(11,12)13/h3-4H,1-2,5,14H2. The Labute approximate surface area is 103 Å². The van der Waals surface area contributed by atoms with Crippen LogP contribution in [0.3, 0.4) is 0 Å². The highest BCUT2D eigenvalue weighted by Crippen LogP contribution is 2.14. The molecule has 1 rings (SSSR count). The van der Waals surface area contributed by atoms with Gasteiger partial charge in [0.2, 0.25) is 5.43 Å². The van der Waals surface area contributed by atoms with Crippen LogP contribution in [0.4, 0.5) is 18.9 Å². The summed E-state index contributed by atoms with van der Waals surface area (Å²) in [7, 11) is 0. The van der Waals surface area contributed by atoms with Crippen LogP contribution in [0.5, 0.6) is 0 Å². The van der Waals surface area contributed by atoms with Crippen LogP contribution < -0.4 is 11.2 Å². The number of anilines is 1. The summed E-state index contributed by atoms with van der Waals surface area (Å²) in [6.45, 7) is -1.22. The van der Waals surface area contributed by atoms with E-state index >= 15 is 0 Å². The van der Waals surface area contributed by atoms with Gasteiger partial charge in [-0.15, -0.1) is 0 Å². The molecular weight excluding hydrogens is 305 g/mol. The van der Waals surface area contributed by atoms with E-state index in [-0.39, 0.29) is 28.7 Å². The highest BCUT2D eigenvalue weighted by atomic mass is 79.9. The minimum atomic E-state index is -4.33. The summed E-state index contributed by atoms with van der Waals surface area (Å²) in [5.74, 6) is 0. The van der Waals surface area contributed by atoms with Crippen molar-refractivity contribution < 1.29 is 17.9 Å². The van der Waals surface area contributed by atoms with Crippen molar-refractivity contribution in [2.45, 2.75) is 12.7 Å². The fourth-order valence-corrected chi connectivity index (χ4v) is 1.60. The van der Waals surface area contributed by atoms with Crippen LogP contribution in [0, 0.1) is 0 Å². The Hall–Kier alpha value is -1.02. The van der Waals surface area contributed by atoms with Gasteiger partial charge in [-0.2, -0.15) is 13.2 Å². The maximum atomic E-state index is 11.8. The summed E-state index contributed by atoms with van der Waals surface area (Å²) < 4.78 is 41.5. The number of halogens is 4. The molecule has 1 aromatic heterocycles. The van der Waals surface area contributed by atoms with Gasteiger partial charge in [-0.05, 0) is 15.9 Å². The smallest absolute Gasteiger partial charge is 0.394 e. The molecule has 0 aromatic carbocycles. The van der Waals surface area contributed by atoms with Crippen LogP contribution in [0.2, 0.25) is 0 Å². The Kier molecular flexibility index (Phi) is 4.58. The second-order valence-corrected chi connectivity index (χ2v) is 4.15. The van der Waals surface area contributed by atoms with E-state index in [9.17, 15) is 18.0 Å². The van der Waals surface area contributed by atoms with Crippen LogP contribution in [0.25, 0.3) is 0 Å². The summed E-state index contributed by atoms with van der Waals surface area (Å²) in [5, 5.41) is 0. The minimum absolute atomic E-state index is 0.0233. The molecular formula is C9H10BrF3N2O2. The van der Waals surface area contributed by atoms with E-state index in [0.29, 0.717) is 0 Å². The van der Waals surface area contributed by atoms with Gasteiger partial charge in [0, 0.05) is 18.9 Å². The van der Waals surface area contributed by atoms with Crippen molar-refractivity contribution in [3.05, 3.63) is 27.1 Å². The van der Waals surface area contributed by atoms with Crippen molar-refractivity contribution >= 4 is 21.6 Å². The largest absolute Gasteiger partial charge is 0.411 e. The van der Waals surface area contributed by atoms with E-state index in [0.717, 1.165) is 0 Å². The van der Waals surface area contributed by atoms with Gasteiger partial charge in [0.05, 0.1) is 16.8 Å². The lowest BCUT2D eigenvalue weighted by Crippen LogP contribution is -2.20. The summed E-state index contributed by atoms with van der Waals surface area (Å²) >= 11 is 3.00. The molecule has 96 valence electrons. The lowest BCUT2D eigenvalue weighted by Gasteiger charge is -2.10. The van der Waals surface area contributed by atoms with Crippen molar-refractivity contribution in [2.75, 3.05) is 18.9 Å². The molecule has 0 saturated heterocycles. The van der Waals surface area contributed by atoms with Gasteiger partial charge in [0.25, 0.3) is 0 Å². The quantitative estimate of drug-likeness (QED) is 0.862. The molecule has 0 spiro atoms. The fraction of sp³-hybridized carbons (Fsp3) is 0.444. The maximum Gasteiger partial charge on any atom is 0.411 e. The number of nitrogen functional groups attached to an aromatic ring is 1. The minimum Gasteiger partial charge on any atom is -0.394 e. The number of nitrogens with two attached hydrogens (primary N) is 1. The molecule has 0 atom stereocenters. The van der Waals surface area contributed by atoms with Gasteiger partial charge < -0.3 is 15.0 Å². The second-order valence-electron chi connectivity index (χ2n) is 3.30. The van der Waals surface area contributed by atoms with Gasteiger partial charge in [0.15, 0.2) is 0 Å². The van der Waals surface area contributed by atoms with Crippen LogP contribution in [0.15, 0.2) is 21.7 Å². The number of ether oxygens (including phenoxy) is 1. The number of hydrogen-bond donors (Lipinski definition) is 1. The van der Waals surface area contributed by atoms with E-state index in [4.69, 9.17) is 5.73 Å². The highest BCUT2D eigenvalue weighted by molar-refractivity contribution is 9.10. The van der Waals surface area contributed by atoms with Gasteiger partial charge in [-0.1, -0.05) is 0 Å². The molecule has 1 heterocycles. The van der Waals surface area contributed by atoms with Crippen LogP contribution in [-0.2, 0) is 11.3 Å². The number of rotatable bonds is 4. The maximum absolute atomic E-state index is 11.8. The third-order valence-corrected chi connectivity index (χ3v) is 2.39. The Balaban J connectivity index is 2.51. The van der Waals surface area contributed by atoms with Crippen LogP contribution >= 0.6 is 15.9 Å². The topological polar surface area (TPSA) is 57.2 Å². The molecule has 0 radical (unpaired) electrons. The average molecular weight is 315 g/mol. The van der Waals surface area contributed by atoms with E-state index in [2.05, 4.69) is 20.7 Å². The molecule has 0 saturated carbocycles. The predicted octanol–water partition coefficient (Wildman–Crippen LogP) is 1.77. The van der Waals surface area contributed by atoms with Crippen molar-refractivity contribution in [2.24, 2.45) is 0 Å². The van der Waals surface area contributed by atoms with E-state index in [1.54, 1.807) is 0 Å². The van der Waals surface area contributed by atoms with Crippen molar-refractivity contribution in [3.8, 4) is 0 Å². The zero-order valence-electron chi connectivity index (χ0n) is 8.63. The molecule has 1 aromatic rings. The Bertz CT molecular complexity index is 419. The summed E-state index contributed by atoms with van der Waals surface area (Å²) in [5.41, 5.74) is 5.08. The molecule has 0 aliphatic heterocycles. The monoisotopic (exact) mass is 314 g/mol. The SMILES string of the molecule is Nc1cn(CCOCC(F)(F)F)cc(Br)c1=O. The molecule has 0 aliphatic rings. The van der Waals surface area contributed by atoms with Gasteiger partial charge in [-0.25, -0.2) is 0 Å². The van der Waals surface area contributed by atoms with E-state index in [1.165, 1.54) is 17.0 Å². The molecule has 17 heavy (non-hydrogen) atoms. The number of hydrogen-bond acceptors (Lipinski definition) is 3. The Morgan fingerprint density at radius 3 is 2.59 bits per heavy atom. The average Bonchev–Trinajstić information content (AvgIpc) is 2.19. The molecule has 8 heteroatoms. The van der Waals surface area contributed by atoms with E-state index in [1.807, 2.05) is 0 Å². The molecule has 4 nitrogen and oxygen atoms in total. The summed E-state index contributed by atoms with van der Waals surface area (Å²) in [6.07, 6.45) is -1.54. The molecule has 0 bridgehead atoms. The first-order valence-electron chi connectivity index (χ1n) is 4.59. The van der Waals surface area contributed by atoms with E-state index < -0.39 is 12.8 Å². The molecule has 0 amide bonds. The normalized spacial score (nSPS) is 11.8. The first kappa shape index (κ1) is 14.0. The lowest BCUT2D eigenvalue weighted by molar-refractivity contribution is -0.174. The van der Waals surface area contributed by atoms with Crippen molar-refractivity contribution in [1.82, 2.24) is 4.57 Å². The zero-order chi connectivity index (χ0) is 13.1. The van der Waals surface area contributed by atoms with Gasteiger partial charge >= 0.3 is 6.18 Å². The molecule has 0 unspecified atom stereocenters. The number of alkyl halides is 3. The first-order chi connectivity index (χ1) is 7.79. The fourth-order valence-electron chi connectivity index (χ4n) is 1.10. The predicted molar refractivity (Wildman–Crippen MR) is 59.7 cm³/mol. The molecule has 2 N–H and O–H groups in total. The Morgan fingerprint density at radius 2 is 2.06 bits per heavy atom. The van der Waals surface area contributed by atoms with Gasteiger partial charge in [-0.3, -0.25) is 4.79 Å². The second kappa shape index (κ2) is 5.54. The van der Waals surface area contributed by atoms with Crippen LogP contribution in [-0.4, -0.2) is 24.0 Å². The highest BCUT2D eigenvalue weighted by Gasteiger charge is 2.27.